The second-order valence-corrected chi connectivity index (χ2v) is 6.56. The van der Waals surface area contributed by atoms with E-state index in [0.29, 0.717) is 12.8 Å². The highest BCUT2D eigenvalue weighted by Crippen LogP contribution is 2.43. The zero-order valence-electron chi connectivity index (χ0n) is 13.0. The quantitative estimate of drug-likeness (QED) is 0.475. The topological polar surface area (TPSA) is 69.9 Å². The van der Waals surface area contributed by atoms with Crippen LogP contribution in [-0.2, 0) is 4.74 Å². The molecule has 2 aliphatic rings. The number of fused-ring (bicyclic) bond motifs is 1. The van der Waals surface area contributed by atoms with E-state index in [2.05, 4.69) is 6.92 Å². The first-order valence-electron chi connectivity index (χ1n) is 8.49. The van der Waals surface area contributed by atoms with Crippen LogP contribution in [0.1, 0.15) is 58.3 Å². The molecule has 0 bridgehead atoms. The Morgan fingerprint density at radius 2 is 1.90 bits per heavy atom. The van der Waals surface area contributed by atoms with Crippen LogP contribution in [0, 0.1) is 11.8 Å². The number of hydrogen-bond acceptors (Lipinski definition) is 4. The van der Waals surface area contributed by atoms with Crippen molar-refractivity contribution < 1.29 is 20.1 Å². The van der Waals surface area contributed by atoms with E-state index in [9.17, 15) is 15.3 Å². The fourth-order valence-corrected chi connectivity index (χ4v) is 3.64. The highest BCUT2D eigenvalue weighted by molar-refractivity contribution is 5.06. The van der Waals surface area contributed by atoms with Gasteiger partial charge in [-0.25, -0.2) is 0 Å². The van der Waals surface area contributed by atoms with Gasteiger partial charge < -0.3 is 20.1 Å². The molecule has 0 aromatic heterocycles. The summed E-state index contributed by atoms with van der Waals surface area (Å²) in [6.07, 6.45) is 10.1. The predicted octanol–water partition coefficient (Wildman–Crippen LogP) is 2.37. The van der Waals surface area contributed by atoms with Crippen LogP contribution in [0.4, 0.5) is 0 Å². The van der Waals surface area contributed by atoms with Gasteiger partial charge in [0.2, 0.25) is 0 Å². The van der Waals surface area contributed by atoms with Crippen LogP contribution in [0.5, 0.6) is 0 Å². The molecule has 1 heterocycles. The minimum absolute atomic E-state index is 0.00175. The number of aliphatic hydroxyl groups excluding tert-OH is 3. The normalized spacial score (nSPS) is 37.2. The molecule has 0 aromatic carbocycles. The summed E-state index contributed by atoms with van der Waals surface area (Å²) < 4.78 is 5.39. The van der Waals surface area contributed by atoms with Crippen molar-refractivity contribution in [2.24, 2.45) is 11.8 Å². The monoisotopic (exact) mass is 298 g/mol. The number of aliphatic hydroxyl groups is 3. The van der Waals surface area contributed by atoms with Gasteiger partial charge in [0.05, 0.1) is 18.3 Å². The highest BCUT2D eigenvalue weighted by atomic mass is 16.6. The first-order chi connectivity index (χ1) is 10.1. The third-order valence-electron chi connectivity index (χ3n) is 4.85. The van der Waals surface area contributed by atoms with Crippen molar-refractivity contribution in [2.45, 2.75) is 82.9 Å². The second kappa shape index (κ2) is 8.28. The fourth-order valence-electron chi connectivity index (χ4n) is 3.64. The molecule has 6 unspecified atom stereocenters. The molecule has 0 amide bonds. The van der Waals surface area contributed by atoms with E-state index in [1.165, 1.54) is 25.7 Å². The Morgan fingerprint density at radius 1 is 1.14 bits per heavy atom. The molecule has 1 saturated heterocycles. The molecule has 21 heavy (non-hydrogen) atoms. The summed E-state index contributed by atoms with van der Waals surface area (Å²) in [6.45, 7) is 2.20. The average molecular weight is 298 g/mol. The molecule has 4 nitrogen and oxygen atoms in total. The van der Waals surface area contributed by atoms with Crippen LogP contribution < -0.4 is 0 Å². The van der Waals surface area contributed by atoms with Gasteiger partial charge in [-0.1, -0.05) is 51.2 Å². The van der Waals surface area contributed by atoms with E-state index in [0.717, 1.165) is 12.8 Å². The van der Waals surface area contributed by atoms with E-state index < -0.39 is 18.5 Å². The lowest BCUT2D eigenvalue weighted by Gasteiger charge is -2.16. The van der Waals surface area contributed by atoms with Gasteiger partial charge in [-0.2, -0.15) is 0 Å². The van der Waals surface area contributed by atoms with Gasteiger partial charge >= 0.3 is 0 Å². The summed E-state index contributed by atoms with van der Waals surface area (Å²) in [7, 11) is 0. The third kappa shape index (κ3) is 4.78. The highest BCUT2D eigenvalue weighted by Gasteiger charge is 2.47. The fraction of sp³-hybridized carbons (Fsp3) is 0.882. The average Bonchev–Trinajstić information content (AvgIpc) is 2.91. The van der Waals surface area contributed by atoms with Crippen molar-refractivity contribution in [1.82, 2.24) is 0 Å². The Hall–Kier alpha value is -0.420. The molecular formula is C17H30O4. The van der Waals surface area contributed by atoms with Crippen molar-refractivity contribution in [1.29, 1.82) is 0 Å². The Bertz CT molecular complexity index is 331. The van der Waals surface area contributed by atoms with Crippen molar-refractivity contribution in [2.75, 3.05) is 0 Å². The van der Waals surface area contributed by atoms with Gasteiger partial charge in [0, 0.05) is 18.8 Å². The second-order valence-electron chi connectivity index (χ2n) is 6.56. The maximum Gasteiger partial charge on any atom is 0.155 e. The summed E-state index contributed by atoms with van der Waals surface area (Å²) in [5.74, 6) is 0.185. The van der Waals surface area contributed by atoms with Crippen molar-refractivity contribution in [3.05, 3.63) is 12.2 Å². The lowest BCUT2D eigenvalue weighted by molar-refractivity contribution is -0.0949. The molecule has 2 fully saturated rings. The van der Waals surface area contributed by atoms with Crippen molar-refractivity contribution in [3.8, 4) is 0 Å². The molecule has 0 radical (unpaired) electrons. The third-order valence-corrected chi connectivity index (χ3v) is 4.85. The zero-order chi connectivity index (χ0) is 15.2. The molecule has 3 N–H and O–H groups in total. The van der Waals surface area contributed by atoms with Gasteiger partial charge in [-0.3, -0.25) is 0 Å². The Morgan fingerprint density at radius 3 is 2.67 bits per heavy atom. The standard InChI is InChI=1S/C17H30O4/c1-2-3-4-5-6-7-12(18)8-9-13-14-10-17(20)21-16(14)11-15(13)19/h8-9,12-20H,2-7,10-11H2,1H3/b9-8+. The molecule has 122 valence electrons. The number of unbranched alkanes of at least 4 members (excludes halogenated alkanes) is 4. The summed E-state index contributed by atoms with van der Waals surface area (Å²) >= 11 is 0. The maximum atomic E-state index is 10.1. The van der Waals surface area contributed by atoms with Crippen molar-refractivity contribution >= 4 is 0 Å². The summed E-state index contributed by atoms with van der Waals surface area (Å²) in [4.78, 5) is 0. The van der Waals surface area contributed by atoms with Crippen LogP contribution in [-0.4, -0.2) is 39.9 Å². The molecule has 6 atom stereocenters. The maximum absolute atomic E-state index is 10.1. The molecule has 1 aliphatic carbocycles. The smallest absolute Gasteiger partial charge is 0.155 e. The van der Waals surface area contributed by atoms with Gasteiger partial charge in [-0.15, -0.1) is 0 Å². The van der Waals surface area contributed by atoms with Crippen LogP contribution in [0.3, 0.4) is 0 Å². The molecule has 4 heteroatoms. The molecular weight excluding hydrogens is 268 g/mol. The number of ether oxygens (including phenoxy) is 1. The SMILES string of the molecule is CCCCCCCC(O)/C=C/C1C(O)CC2OC(O)CC21. The predicted molar refractivity (Wildman–Crippen MR) is 81.6 cm³/mol. The van der Waals surface area contributed by atoms with Crippen LogP contribution >= 0.6 is 0 Å². The zero-order valence-corrected chi connectivity index (χ0v) is 13.0. The molecule has 0 spiro atoms. The van der Waals surface area contributed by atoms with Gasteiger partial charge in [0.25, 0.3) is 0 Å². The van der Waals surface area contributed by atoms with Crippen molar-refractivity contribution in [3.63, 3.8) is 0 Å². The Labute approximate surface area is 127 Å². The van der Waals surface area contributed by atoms with Gasteiger partial charge in [-0.05, 0) is 12.3 Å². The van der Waals surface area contributed by atoms with E-state index in [-0.39, 0.29) is 17.9 Å². The minimum Gasteiger partial charge on any atom is -0.392 e. The number of hydrogen-bond donors (Lipinski definition) is 3. The first kappa shape index (κ1) is 16.9. The summed E-state index contributed by atoms with van der Waals surface area (Å²) in [6, 6.07) is 0. The minimum atomic E-state index is -0.688. The lowest BCUT2D eigenvalue weighted by Crippen LogP contribution is -2.19. The first-order valence-corrected chi connectivity index (χ1v) is 8.49. The summed E-state index contributed by atoms with van der Waals surface area (Å²) in [5, 5.41) is 29.6. The van der Waals surface area contributed by atoms with Gasteiger partial charge in [0.1, 0.15) is 0 Å². The molecule has 1 saturated carbocycles. The van der Waals surface area contributed by atoms with Crippen LogP contribution in [0.2, 0.25) is 0 Å². The van der Waals surface area contributed by atoms with E-state index in [1.54, 1.807) is 0 Å². The van der Waals surface area contributed by atoms with Crippen LogP contribution in [0.15, 0.2) is 12.2 Å². The number of rotatable bonds is 8. The largest absolute Gasteiger partial charge is 0.392 e. The van der Waals surface area contributed by atoms with E-state index in [4.69, 9.17) is 4.74 Å². The van der Waals surface area contributed by atoms with Crippen LogP contribution in [0.25, 0.3) is 0 Å². The van der Waals surface area contributed by atoms with E-state index in [1.807, 2.05) is 12.2 Å². The van der Waals surface area contributed by atoms with Gasteiger partial charge in [0.15, 0.2) is 6.29 Å². The Kier molecular flexibility index (Phi) is 6.68. The molecule has 0 aromatic rings. The molecule has 2 rings (SSSR count). The molecule has 1 aliphatic heterocycles. The summed E-state index contributed by atoms with van der Waals surface area (Å²) in [5.41, 5.74) is 0. The Balaban J connectivity index is 1.72. The lowest BCUT2D eigenvalue weighted by atomic mass is 9.91. The van der Waals surface area contributed by atoms with E-state index >= 15 is 0 Å².